The Morgan fingerprint density at radius 1 is 1.35 bits per heavy atom. The van der Waals surface area contributed by atoms with Crippen molar-refractivity contribution in [2.75, 3.05) is 18.4 Å². The van der Waals surface area contributed by atoms with E-state index >= 15 is 0 Å². The van der Waals surface area contributed by atoms with Crippen LogP contribution in [0.5, 0.6) is 0 Å². The van der Waals surface area contributed by atoms with Crippen LogP contribution in [0.3, 0.4) is 0 Å². The number of urea groups is 1. The van der Waals surface area contributed by atoms with Gasteiger partial charge in [-0.05, 0) is 30.7 Å². The zero-order valence-electron chi connectivity index (χ0n) is 9.92. The molecule has 0 unspecified atom stereocenters. The minimum Gasteiger partial charge on any atom is -0.338 e. The molecule has 0 radical (unpaired) electrons. The number of benzene rings is 1. The lowest BCUT2D eigenvalue weighted by Crippen LogP contribution is -2.29. The van der Waals surface area contributed by atoms with Crippen molar-refractivity contribution in [2.45, 2.75) is 13.3 Å². The molecule has 0 saturated heterocycles. The molecule has 0 aliphatic rings. The van der Waals surface area contributed by atoms with Crippen LogP contribution < -0.4 is 16.4 Å². The quantitative estimate of drug-likeness (QED) is 0.691. The van der Waals surface area contributed by atoms with Crippen LogP contribution in [0.2, 0.25) is 0 Å². The lowest BCUT2D eigenvalue weighted by molar-refractivity contribution is 0.252. The average Bonchev–Trinajstić information content (AvgIpc) is 2.35. The molecule has 4 nitrogen and oxygen atoms in total. The maximum Gasteiger partial charge on any atom is 0.319 e. The minimum atomic E-state index is -0.187. The summed E-state index contributed by atoms with van der Waals surface area (Å²) < 4.78 is 0. The first-order valence-corrected chi connectivity index (χ1v) is 5.60. The molecule has 4 heteroatoms. The van der Waals surface area contributed by atoms with Crippen molar-refractivity contribution >= 4 is 11.7 Å². The Bertz CT molecular complexity index is 415. The average molecular weight is 231 g/mol. The van der Waals surface area contributed by atoms with E-state index in [-0.39, 0.29) is 6.03 Å². The number of nitrogens with one attached hydrogen (secondary N) is 2. The van der Waals surface area contributed by atoms with Gasteiger partial charge in [0.2, 0.25) is 0 Å². The summed E-state index contributed by atoms with van der Waals surface area (Å²) in [6, 6.07) is 7.13. The van der Waals surface area contributed by atoms with Crippen LogP contribution in [-0.2, 0) is 0 Å². The van der Waals surface area contributed by atoms with Crippen LogP contribution in [-0.4, -0.2) is 19.1 Å². The zero-order chi connectivity index (χ0) is 12.5. The summed E-state index contributed by atoms with van der Waals surface area (Å²) in [6.45, 7) is 3.02. The Balaban J connectivity index is 2.53. The molecule has 2 amide bonds. The number of rotatable bonds is 3. The van der Waals surface area contributed by atoms with Gasteiger partial charge in [0.15, 0.2) is 0 Å². The van der Waals surface area contributed by atoms with Crippen LogP contribution in [0.25, 0.3) is 0 Å². The second-order valence-electron chi connectivity index (χ2n) is 3.46. The molecule has 0 saturated carbocycles. The Morgan fingerprint density at radius 2 is 2.06 bits per heavy atom. The van der Waals surface area contributed by atoms with Crippen LogP contribution in [0.15, 0.2) is 24.3 Å². The van der Waals surface area contributed by atoms with Crippen LogP contribution in [0.4, 0.5) is 10.5 Å². The van der Waals surface area contributed by atoms with E-state index in [1.54, 1.807) is 0 Å². The number of hydrogen-bond acceptors (Lipinski definition) is 2. The zero-order valence-corrected chi connectivity index (χ0v) is 9.92. The maximum atomic E-state index is 11.4. The normalized spacial score (nSPS) is 9.06. The van der Waals surface area contributed by atoms with E-state index in [4.69, 9.17) is 5.73 Å². The van der Waals surface area contributed by atoms with E-state index < -0.39 is 0 Å². The number of nitrogens with two attached hydrogens (primary N) is 1. The number of amides is 2. The molecule has 0 spiro atoms. The highest BCUT2D eigenvalue weighted by atomic mass is 16.2. The van der Waals surface area contributed by atoms with E-state index in [0.717, 1.165) is 17.7 Å². The molecule has 0 atom stereocenters. The van der Waals surface area contributed by atoms with E-state index in [1.807, 2.05) is 31.2 Å². The lowest BCUT2D eigenvalue weighted by Gasteiger charge is -2.06. The topological polar surface area (TPSA) is 67.2 Å². The van der Waals surface area contributed by atoms with Gasteiger partial charge in [-0.15, -0.1) is 0 Å². The van der Waals surface area contributed by atoms with Gasteiger partial charge >= 0.3 is 6.03 Å². The molecule has 0 aromatic heterocycles. The highest BCUT2D eigenvalue weighted by molar-refractivity contribution is 5.89. The summed E-state index contributed by atoms with van der Waals surface area (Å²) in [5.74, 6) is 5.69. The van der Waals surface area contributed by atoms with Gasteiger partial charge in [0.25, 0.3) is 0 Å². The predicted octanol–water partition coefficient (Wildman–Crippen LogP) is 1.53. The first kappa shape index (κ1) is 13.1. The third-order valence-corrected chi connectivity index (χ3v) is 2.01. The largest absolute Gasteiger partial charge is 0.338 e. The molecule has 1 rings (SSSR count). The molecule has 1 aromatic rings. The first-order valence-electron chi connectivity index (χ1n) is 5.60. The predicted molar refractivity (Wildman–Crippen MR) is 69.7 cm³/mol. The van der Waals surface area contributed by atoms with Gasteiger partial charge in [-0.2, -0.15) is 0 Å². The van der Waals surface area contributed by atoms with Crippen molar-refractivity contribution in [3.05, 3.63) is 29.8 Å². The van der Waals surface area contributed by atoms with Gasteiger partial charge in [-0.1, -0.05) is 18.8 Å². The highest BCUT2D eigenvalue weighted by Gasteiger charge is 1.99. The lowest BCUT2D eigenvalue weighted by atomic mass is 10.2. The summed E-state index contributed by atoms with van der Waals surface area (Å²) in [4.78, 5) is 11.4. The second kappa shape index (κ2) is 7.31. The van der Waals surface area contributed by atoms with Crippen molar-refractivity contribution in [1.82, 2.24) is 5.32 Å². The van der Waals surface area contributed by atoms with E-state index in [0.29, 0.717) is 13.1 Å². The third-order valence-electron chi connectivity index (χ3n) is 2.01. The number of carbonyl (C=O) groups is 1. The van der Waals surface area contributed by atoms with Crippen LogP contribution in [0.1, 0.15) is 18.9 Å². The van der Waals surface area contributed by atoms with Crippen molar-refractivity contribution in [3.63, 3.8) is 0 Å². The summed E-state index contributed by atoms with van der Waals surface area (Å²) in [5.41, 5.74) is 6.91. The molecular formula is C13H17N3O. The molecule has 1 aromatic carbocycles. The number of carbonyl (C=O) groups excluding carboxylic acids is 1. The van der Waals surface area contributed by atoms with Gasteiger partial charge in [0.05, 0.1) is 6.54 Å². The maximum absolute atomic E-state index is 11.4. The molecule has 0 aliphatic carbocycles. The Labute approximate surface area is 102 Å². The molecule has 0 bridgehead atoms. The molecule has 0 heterocycles. The first-order chi connectivity index (χ1) is 8.26. The molecule has 0 aliphatic heterocycles. The fourth-order valence-electron chi connectivity index (χ4n) is 1.20. The van der Waals surface area contributed by atoms with E-state index in [2.05, 4.69) is 22.5 Å². The van der Waals surface area contributed by atoms with Crippen molar-refractivity contribution in [1.29, 1.82) is 0 Å². The molecule has 17 heavy (non-hydrogen) atoms. The van der Waals surface area contributed by atoms with Gasteiger partial charge in [-0.3, -0.25) is 0 Å². The standard InChI is InChI=1S/C13H17N3O/c1-2-10-15-13(17)16-12-7-5-11(6-8-12)4-3-9-14/h5-8H,2,9-10,14H2,1H3,(H2,15,16,17). The Hall–Kier alpha value is -1.99. The fraction of sp³-hybridized carbons (Fsp3) is 0.308. The van der Waals surface area contributed by atoms with E-state index in [1.165, 1.54) is 0 Å². The van der Waals surface area contributed by atoms with Crippen LogP contribution in [0, 0.1) is 11.8 Å². The fourth-order valence-corrected chi connectivity index (χ4v) is 1.20. The van der Waals surface area contributed by atoms with Crippen molar-refractivity contribution in [3.8, 4) is 11.8 Å². The number of hydrogen-bond donors (Lipinski definition) is 3. The second-order valence-corrected chi connectivity index (χ2v) is 3.46. The van der Waals surface area contributed by atoms with E-state index in [9.17, 15) is 4.79 Å². The molecule has 90 valence electrons. The summed E-state index contributed by atoms with van der Waals surface area (Å²) in [5, 5.41) is 5.47. The highest BCUT2D eigenvalue weighted by Crippen LogP contribution is 2.08. The van der Waals surface area contributed by atoms with Crippen LogP contribution >= 0.6 is 0 Å². The number of anilines is 1. The van der Waals surface area contributed by atoms with Gasteiger partial charge in [0, 0.05) is 17.8 Å². The van der Waals surface area contributed by atoms with Gasteiger partial charge < -0.3 is 16.4 Å². The molecule has 4 N–H and O–H groups in total. The summed E-state index contributed by atoms with van der Waals surface area (Å²) in [6.07, 6.45) is 0.918. The minimum absolute atomic E-state index is 0.187. The van der Waals surface area contributed by atoms with Gasteiger partial charge in [0.1, 0.15) is 0 Å². The summed E-state index contributed by atoms with van der Waals surface area (Å²) >= 11 is 0. The van der Waals surface area contributed by atoms with Crippen molar-refractivity contribution in [2.24, 2.45) is 5.73 Å². The molecular weight excluding hydrogens is 214 g/mol. The smallest absolute Gasteiger partial charge is 0.319 e. The van der Waals surface area contributed by atoms with Gasteiger partial charge in [-0.25, -0.2) is 4.79 Å². The third kappa shape index (κ3) is 5.05. The molecule has 0 fully saturated rings. The van der Waals surface area contributed by atoms with Crippen molar-refractivity contribution < 1.29 is 4.79 Å². The monoisotopic (exact) mass is 231 g/mol. The Morgan fingerprint density at radius 3 is 2.65 bits per heavy atom. The summed E-state index contributed by atoms with van der Waals surface area (Å²) in [7, 11) is 0. The Kier molecular flexibility index (Phi) is 5.62. The SMILES string of the molecule is CCCNC(=O)Nc1ccc(C#CCN)cc1.